The Kier molecular flexibility index (Phi) is 8.39. The van der Waals surface area contributed by atoms with Crippen LogP contribution in [0.2, 0.25) is 0 Å². The third kappa shape index (κ3) is 6.14. The fourth-order valence-electron chi connectivity index (χ4n) is 4.30. The Labute approximate surface area is 201 Å². The molecule has 4 rings (SSSR count). The van der Waals surface area contributed by atoms with Gasteiger partial charge in [-0.1, -0.05) is 0 Å². The summed E-state index contributed by atoms with van der Waals surface area (Å²) in [4.78, 5) is 50.7. The van der Waals surface area contributed by atoms with Gasteiger partial charge in [0.25, 0.3) is 5.56 Å². The van der Waals surface area contributed by atoms with E-state index in [-0.39, 0.29) is 17.4 Å². The highest BCUT2D eigenvalue weighted by Gasteiger charge is 2.23. The molecule has 0 unspecified atom stereocenters. The van der Waals surface area contributed by atoms with E-state index in [9.17, 15) is 14.4 Å². The Morgan fingerprint density at radius 3 is 2.85 bits per heavy atom. The molecular weight excluding hydrogens is 462 g/mol. The zero-order valence-electron chi connectivity index (χ0n) is 19.0. The third-order valence-corrected chi connectivity index (χ3v) is 8.14. The minimum Gasteiger partial charge on any atom is -0.385 e. The molecule has 2 aromatic rings. The predicted molar refractivity (Wildman–Crippen MR) is 131 cm³/mol. The second-order valence-corrected chi connectivity index (χ2v) is 10.5. The minimum atomic E-state index is -0.0554. The van der Waals surface area contributed by atoms with Crippen LogP contribution in [0.5, 0.6) is 0 Å². The summed E-state index contributed by atoms with van der Waals surface area (Å²) < 4.78 is 4.98. The first-order valence-electron chi connectivity index (χ1n) is 11.4. The average molecular weight is 494 g/mol. The van der Waals surface area contributed by atoms with Crippen molar-refractivity contribution < 1.29 is 14.3 Å². The zero-order valence-corrected chi connectivity index (χ0v) is 20.6. The highest BCUT2D eigenvalue weighted by atomic mass is 32.2. The fourth-order valence-corrected chi connectivity index (χ4v) is 6.37. The largest absolute Gasteiger partial charge is 0.385 e. The molecule has 0 bridgehead atoms. The first kappa shape index (κ1) is 24.2. The summed E-state index contributed by atoms with van der Waals surface area (Å²) in [5.41, 5.74) is 1.13. The first-order valence-corrected chi connectivity index (χ1v) is 13.4. The van der Waals surface area contributed by atoms with Crippen LogP contribution in [0.4, 0.5) is 0 Å². The number of piperazine rings is 1. The van der Waals surface area contributed by atoms with Crippen molar-refractivity contribution in [3.63, 3.8) is 0 Å². The number of methoxy groups -OCH3 is 1. The normalized spacial score (nSPS) is 16.3. The maximum Gasteiger partial charge on any atom is 0.259 e. The number of hydrogen-bond donors (Lipinski definition) is 2. The van der Waals surface area contributed by atoms with E-state index >= 15 is 0 Å². The van der Waals surface area contributed by atoms with Gasteiger partial charge in [-0.25, -0.2) is 4.98 Å². The molecule has 2 aromatic heterocycles. The highest BCUT2D eigenvalue weighted by Crippen LogP contribution is 2.34. The van der Waals surface area contributed by atoms with E-state index in [0.29, 0.717) is 63.2 Å². The van der Waals surface area contributed by atoms with Crippen LogP contribution in [0.1, 0.15) is 29.1 Å². The molecule has 0 atom stereocenters. The number of thioether (sulfide) groups is 1. The lowest BCUT2D eigenvalue weighted by molar-refractivity contribution is -0.130. The van der Waals surface area contributed by atoms with Gasteiger partial charge in [0.2, 0.25) is 11.8 Å². The van der Waals surface area contributed by atoms with E-state index in [1.54, 1.807) is 18.4 Å². The fraction of sp³-hybridized carbons (Fsp3) is 0.636. The summed E-state index contributed by atoms with van der Waals surface area (Å²) in [5, 5.41) is 3.66. The smallest absolute Gasteiger partial charge is 0.259 e. The van der Waals surface area contributed by atoms with Crippen LogP contribution in [0.15, 0.2) is 4.79 Å². The van der Waals surface area contributed by atoms with Gasteiger partial charge in [-0.15, -0.1) is 23.1 Å². The number of H-pyrrole nitrogens is 1. The topological polar surface area (TPSA) is 108 Å². The molecule has 2 N–H and O–H groups in total. The minimum absolute atomic E-state index is 0.0101. The van der Waals surface area contributed by atoms with Crippen molar-refractivity contribution in [1.82, 2.24) is 25.1 Å². The van der Waals surface area contributed by atoms with E-state index in [0.717, 1.165) is 35.9 Å². The molecule has 180 valence electrons. The van der Waals surface area contributed by atoms with Crippen LogP contribution in [0.3, 0.4) is 0 Å². The molecule has 0 spiro atoms. The number of aromatic amines is 1. The lowest BCUT2D eigenvalue weighted by atomic mass is 10.2. The first-order chi connectivity index (χ1) is 16.0. The van der Waals surface area contributed by atoms with Gasteiger partial charge in [0.1, 0.15) is 10.7 Å². The highest BCUT2D eigenvalue weighted by molar-refractivity contribution is 7.99. The van der Waals surface area contributed by atoms with Crippen molar-refractivity contribution in [1.29, 1.82) is 0 Å². The van der Waals surface area contributed by atoms with E-state index in [1.165, 1.54) is 22.2 Å². The van der Waals surface area contributed by atoms with Crippen molar-refractivity contribution in [2.24, 2.45) is 0 Å². The number of aryl methyl sites for hydroxylation is 2. The standard InChI is InChI=1S/C22H31N5O4S2/c1-31-11-3-6-23-18(28)12-26-7-9-27(10-8-26)19(29)14-32-13-17-24-21(30)20-15-4-2-5-16(15)33-22(20)25-17/h2-14H2,1H3,(H,23,28)(H,24,25,30). The number of aromatic nitrogens is 2. The van der Waals surface area contributed by atoms with Crippen LogP contribution in [-0.2, 0) is 32.9 Å². The molecule has 0 saturated carbocycles. The van der Waals surface area contributed by atoms with Crippen molar-refractivity contribution in [2.45, 2.75) is 31.4 Å². The number of hydrogen-bond acceptors (Lipinski definition) is 8. The maximum atomic E-state index is 12.6. The molecule has 2 aliphatic rings. The van der Waals surface area contributed by atoms with Crippen LogP contribution in [0, 0.1) is 0 Å². The van der Waals surface area contributed by atoms with Crippen LogP contribution in [-0.4, -0.2) is 90.3 Å². The number of fused-ring (bicyclic) bond motifs is 3. The Hall–Kier alpha value is -1.95. The lowest BCUT2D eigenvalue weighted by Crippen LogP contribution is -2.51. The number of nitrogens with zero attached hydrogens (tertiary/aromatic N) is 3. The summed E-state index contributed by atoms with van der Waals surface area (Å²) in [6, 6.07) is 0. The zero-order chi connectivity index (χ0) is 23.2. The van der Waals surface area contributed by atoms with Gasteiger partial charge >= 0.3 is 0 Å². The van der Waals surface area contributed by atoms with Gasteiger partial charge in [-0.2, -0.15) is 0 Å². The molecule has 1 aliphatic heterocycles. The van der Waals surface area contributed by atoms with Gasteiger partial charge in [-0.3, -0.25) is 19.3 Å². The molecule has 11 heteroatoms. The van der Waals surface area contributed by atoms with Crippen molar-refractivity contribution in [3.8, 4) is 0 Å². The quantitative estimate of drug-likeness (QED) is 0.476. The Bertz CT molecular complexity index is 1050. The summed E-state index contributed by atoms with van der Waals surface area (Å²) in [6.45, 7) is 4.24. The summed E-state index contributed by atoms with van der Waals surface area (Å²) in [5.74, 6) is 1.58. The Morgan fingerprint density at radius 1 is 1.24 bits per heavy atom. The Morgan fingerprint density at radius 2 is 2.06 bits per heavy atom. The van der Waals surface area contributed by atoms with Crippen molar-refractivity contribution in [3.05, 3.63) is 26.6 Å². The lowest BCUT2D eigenvalue weighted by Gasteiger charge is -2.34. The maximum absolute atomic E-state index is 12.6. The SMILES string of the molecule is COCCCNC(=O)CN1CCN(C(=O)CSCc2nc3sc4c(c3c(=O)[nH]2)CCC4)CC1. The number of carbonyl (C=O) groups is 2. The molecular formula is C22H31N5O4S2. The predicted octanol–water partition coefficient (Wildman–Crippen LogP) is 1.00. The number of carbonyl (C=O) groups excluding carboxylic acids is 2. The second-order valence-electron chi connectivity index (χ2n) is 8.40. The number of rotatable bonds is 10. The number of ether oxygens (including phenoxy) is 1. The number of nitrogens with one attached hydrogen (secondary N) is 2. The summed E-state index contributed by atoms with van der Waals surface area (Å²) in [6.07, 6.45) is 3.93. The van der Waals surface area contributed by atoms with Gasteiger partial charge in [0.15, 0.2) is 0 Å². The van der Waals surface area contributed by atoms with E-state index in [4.69, 9.17) is 4.74 Å². The molecule has 2 amide bonds. The van der Waals surface area contributed by atoms with E-state index in [2.05, 4.69) is 20.2 Å². The number of thiophene rings is 1. The molecule has 1 saturated heterocycles. The van der Waals surface area contributed by atoms with Crippen molar-refractivity contribution in [2.75, 3.05) is 58.7 Å². The van der Waals surface area contributed by atoms with Gasteiger partial charge in [-0.05, 0) is 31.2 Å². The van der Waals surface area contributed by atoms with E-state index < -0.39 is 0 Å². The molecule has 0 aromatic carbocycles. The molecule has 1 fully saturated rings. The van der Waals surface area contributed by atoms with Gasteiger partial charge in [0, 0.05) is 51.3 Å². The van der Waals surface area contributed by atoms with Crippen molar-refractivity contribution >= 4 is 45.1 Å². The number of amides is 2. The van der Waals surface area contributed by atoms with Crippen LogP contribution < -0.4 is 10.9 Å². The van der Waals surface area contributed by atoms with Gasteiger partial charge < -0.3 is 19.9 Å². The monoisotopic (exact) mass is 493 g/mol. The molecule has 0 radical (unpaired) electrons. The van der Waals surface area contributed by atoms with Crippen LogP contribution >= 0.6 is 23.1 Å². The molecule has 33 heavy (non-hydrogen) atoms. The third-order valence-electron chi connectivity index (χ3n) is 6.03. The summed E-state index contributed by atoms with van der Waals surface area (Å²) in [7, 11) is 1.65. The average Bonchev–Trinajstić information content (AvgIpc) is 3.38. The summed E-state index contributed by atoms with van der Waals surface area (Å²) >= 11 is 3.11. The molecule has 1 aliphatic carbocycles. The van der Waals surface area contributed by atoms with E-state index in [1.807, 2.05) is 4.90 Å². The second kappa shape index (κ2) is 11.5. The van der Waals surface area contributed by atoms with Gasteiger partial charge in [0.05, 0.1) is 23.4 Å². The van der Waals surface area contributed by atoms with Crippen LogP contribution in [0.25, 0.3) is 10.2 Å². The molecule has 9 nitrogen and oxygen atoms in total. The molecule has 3 heterocycles. The Balaban J connectivity index is 1.18.